The zero-order chi connectivity index (χ0) is 15.2. The van der Waals surface area contributed by atoms with E-state index in [1.807, 2.05) is 0 Å². The van der Waals surface area contributed by atoms with E-state index in [0.717, 1.165) is 18.5 Å². The van der Waals surface area contributed by atoms with E-state index in [0.29, 0.717) is 11.5 Å². The monoisotopic (exact) mass is 282 g/mol. The van der Waals surface area contributed by atoms with Crippen LogP contribution in [0, 0.1) is 11.3 Å². The van der Waals surface area contributed by atoms with E-state index >= 15 is 0 Å². The van der Waals surface area contributed by atoms with E-state index < -0.39 is 0 Å². The Kier molecular flexibility index (Phi) is 7.53. The van der Waals surface area contributed by atoms with Crippen molar-refractivity contribution in [3.63, 3.8) is 0 Å². The summed E-state index contributed by atoms with van der Waals surface area (Å²) in [6.07, 6.45) is 8.18. The van der Waals surface area contributed by atoms with Crippen LogP contribution in [0.3, 0.4) is 0 Å². The lowest BCUT2D eigenvalue weighted by Crippen LogP contribution is -2.45. The molecule has 0 aromatic carbocycles. The van der Waals surface area contributed by atoms with E-state index in [1.165, 1.54) is 45.1 Å². The highest BCUT2D eigenvalue weighted by Gasteiger charge is 2.27. The summed E-state index contributed by atoms with van der Waals surface area (Å²) in [6.45, 7) is 14.2. The quantitative estimate of drug-likeness (QED) is 0.749. The molecule has 0 aromatic heterocycles. The third kappa shape index (κ3) is 5.73. The lowest BCUT2D eigenvalue weighted by molar-refractivity contribution is 0.124. The van der Waals surface area contributed by atoms with E-state index in [4.69, 9.17) is 0 Å². The number of hydrogen-bond donors (Lipinski definition) is 1. The van der Waals surface area contributed by atoms with Gasteiger partial charge in [0.25, 0.3) is 0 Å². The SMILES string of the molecule is CCCNC(CCN(C)C1CCCCC1C)C(C)(C)C. The maximum Gasteiger partial charge on any atom is 0.0128 e. The van der Waals surface area contributed by atoms with E-state index in [9.17, 15) is 0 Å². The highest BCUT2D eigenvalue weighted by atomic mass is 15.1. The van der Waals surface area contributed by atoms with Crippen molar-refractivity contribution in [1.29, 1.82) is 0 Å². The highest BCUT2D eigenvalue weighted by Crippen LogP contribution is 2.28. The molecule has 1 fully saturated rings. The van der Waals surface area contributed by atoms with Crippen molar-refractivity contribution in [2.45, 2.75) is 85.2 Å². The number of nitrogens with zero attached hydrogens (tertiary/aromatic N) is 1. The van der Waals surface area contributed by atoms with Crippen molar-refractivity contribution in [2.24, 2.45) is 11.3 Å². The second-order valence-corrected chi connectivity index (χ2v) is 7.97. The first-order chi connectivity index (χ1) is 9.36. The standard InChI is InChI=1S/C18H38N2/c1-7-13-19-17(18(3,4)5)12-14-20(6)16-11-9-8-10-15(16)2/h15-17,19H,7-14H2,1-6H3. The van der Waals surface area contributed by atoms with Crippen LogP contribution in [0.2, 0.25) is 0 Å². The Labute approximate surface area is 127 Å². The minimum absolute atomic E-state index is 0.355. The van der Waals surface area contributed by atoms with Gasteiger partial charge < -0.3 is 10.2 Å². The molecule has 1 aliphatic rings. The molecule has 0 amide bonds. The van der Waals surface area contributed by atoms with Gasteiger partial charge in [0.2, 0.25) is 0 Å². The number of hydrogen-bond acceptors (Lipinski definition) is 2. The molecule has 0 spiro atoms. The maximum atomic E-state index is 3.75. The smallest absolute Gasteiger partial charge is 0.0128 e. The van der Waals surface area contributed by atoms with Crippen LogP contribution in [0.4, 0.5) is 0 Å². The van der Waals surface area contributed by atoms with Crippen molar-refractivity contribution >= 4 is 0 Å². The van der Waals surface area contributed by atoms with Gasteiger partial charge in [0.1, 0.15) is 0 Å². The fourth-order valence-electron chi connectivity index (χ4n) is 3.61. The molecule has 1 aliphatic carbocycles. The summed E-state index contributed by atoms with van der Waals surface area (Å²) in [5.74, 6) is 0.880. The van der Waals surface area contributed by atoms with Crippen LogP contribution in [-0.4, -0.2) is 37.1 Å². The van der Waals surface area contributed by atoms with E-state index in [2.05, 4.69) is 51.9 Å². The summed E-state index contributed by atoms with van der Waals surface area (Å²) in [6, 6.07) is 1.44. The Bertz CT molecular complexity index is 257. The molecule has 120 valence electrons. The Hall–Kier alpha value is -0.0800. The highest BCUT2D eigenvalue weighted by molar-refractivity contribution is 4.84. The molecule has 1 saturated carbocycles. The molecule has 3 unspecified atom stereocenters. The summed E-state index contributed by atoms with van der Waals surface area (Å²) < 4.78 is 0. The first-order valence-corrected chi connectivity index (χ1v) is 8.80. The largest absolute Gasteiger partial charge is 0.313 e. The second-order valence-electron chi connectivity index (χ2n) is 7.97. The minimum Gasteiger partial charge on any atom is -0.313 e. The Morgan fingerprint density at radius 1 is 1.20 bits per heavy atom. The summed E-state index contributed by atoms with van der Waals surface area (Å²) in [4.78, 5) is 2.64. The summed E-state index contributed by atoms with van der Waals surface area (Å²) in [5.41, 5.74) is 0.355. The van der Waals surface area contributed by atoms with Gasteiger partial charge in [0.15, 0.2) is 0 Å². The van der Waals surface area contributed by atoms with Gasteiger partial charge in [0.05, 0.1) is 0 Å². The van der Waals surface area contributed by atoms with Crippen LogP contribution in [0.15, 0.2) is 0 Å². The Morgan fingerprint density at radius 2 is 1.85 bits per heavy atom. The van der Waals surface area contributed by atoms with Gasteiger partial charge in [-0.25, -0.2) is 0 Å². The van der Waals surface area contributed by atoms with E-state index in [-0.39, 0.29) is 0 Å². The van der Waals surface area contributed by atoms with Crippen LogP contribution >= 0.6 is 0 Å². The molecule has 1 N–H and O–H groups in total. The average molecular weight is 283 g/mol. The van der Waals surface area contributed by atoms with Crippen molar-refractivity contribution in [2.75, 3.05) is 20.1 Å². The fraction of sp³-hybridized carbons (Fsp3) is 1.00. The van der Waals surface area contributed by atoms with Crippen molar-refractivity contribution in [1.82, 2.24) is 10.2 Å². The summed E-state index contributed by atoms with van der Waals surface area (Å²) in [7, 11) is 2.34. The molecular formula is C18H38N2. The summed E-state index contributed by atoms with van der Waals surface area (Å²) >= 11 is 0. The Balaban J connectivity index is 2.44. The predicted molar refractivity (Wildman–Crippen MR) is 90.2 cm³/mol. The molecule has 2 heteroatoms. The second kappa shape index (κ2) is 8.38. The maximum absolute atomic E-state index is 3.75. The lowest BCUT2D eigenvalue weighted by Gasteiger charge is -2.38. The van der Waals surface area contributed by atoms with Crippen LogP contribution in [0.25, 0.3) is 0 Å². The van der Waals surface area contributed by atoms with Gasteiger partial charge >= 0.3 is 0 Å². The summed E-state index contributed by atoms with van der Waals surface area (Å²) in [5, 5.41) is 3.75. The van der Waals surface area contributed by atoms with Crippen molar-refractivity contribution in [3.05, 3.63) is 0 Å². The van der Waals surface area contributed by atoms with Crippen LogP contribution in [0.5, 0.6) is 0 Å². The number of rotatable bonds is 7. The molecule has 0 heterocycles. The molecule has 20 heavy (non-hydrogen) atoms. The molecule has 0 aliphatic heterocycles. The first-order valence-electron chi connectivity index (χ1n) is 8.80. The van der Waals surface area contributed by atoms with E-state index in [1.54, 1.807) is 0 Å². The molecule has 0 radical (unpaired) electrons. The zero-order valence-corrected chi connectivity index (χ0v) is 14.8. The van der Waals surface area contributed by atoms with Crippen LogP contribution in [-0.2, 0) is 0 Å². The third-order valence-corrected chi connectivity index (χ3v) is 5.09. The molecule has 2 nitrogen and oxygen atoms in total. The van der Waals surface area contributed by atoms with Crippen molar-refractivity contribution in [3.8, 4) is 0 Å². The van der Waals surface area contributed by atoms with Gasteiger partial charge in [-0.05, 0) is 57.2 Å². The van der Waals surface area contributed by atoms with Crippen molar-refractivity contribution < 1.29 is 0 Å². The number of nitrogens with one attached hydrogen (secondary N) is 1. The van der Waals surface area contributed by atoms with Gasteiger partial charge in [-0.1, -0.05) is 47.5 Å². The van der Waals surface area contributed by atoms with Gasteiger partial charge in [0, 0.05) is 12.1 Å². The van der Waals surface area contributed by atoms with Gasteiger partial charge in [-0.2, -0.15) is 0 Å². The first kappa shape index (κ1) is 18.0. The third-order valence-electron chi connectivity index (χ3n) is 5.09. The molecular weight excluding hydrogens is 244 g/mol. The molecule has 0 saturated heterocycles. The van der Waals surface area contributed by atoms with Crippen LogP contribution in [0.1, 0.15) is 73.1 Å². The van der Waals surface area contributed by atoms with Gasteiger partial charge in [-0.3, -0.25) is 0 Å². The van der Waals surface area contributed by atoms with Crippen LogP contribution < -0.4 is 5.32 Å². The molecule has 1 rings (SSSR count). The van der Waals surface area contributed by atoms with Gasteiger partial charge in [-0.15, -0.1) is 0 Å². The molecule has 0 bridgehead atoms. The predicted octanol–water partition coefficient (Wildman–Crippen LogP) is 4.30. The zero-order valence-electron chi connectivity index (χ0n) is 14.8. The fourth-order valence-corrected chi connectivity index (χ4v) is 3.61. The minimum atomic E-state index is 0.355. The normalized spacial score (nSPS) is 25.9. The average Bonchev–Trinajstić information content (AvgIpc) is 2.37. The molecule has 0 aromatic rings. The Morgan fingerprint density at radius 3 is 2.40 bits per heavy atom. The molecule has 3 atom stereocenters. The lowest BCUT2D eigenvalue weighted by atomic mass is 9.83. The topological polar surface area (TPSA) is 15.3 Å².